The summed E-state index contributed by atoms with van der Waals surface area (Å²) in [5.74, 6) is -0.309. The van der Waals surface area contributed by atoms with Gasteiger partial charge in [-0.1, -0.05) is 42.1 Å². The molecule has 1 aliphatic rings. The monoisotopic (exact) mass is 397 g/mol. The Bertz CT molecular complexity index is 976. The van der Waals surface area contributed by atoms with E-state index >= 15 is 0 Å². The molecule has 6 nitrogen and oxygen atoms in total. The molecule has 8 heteroatoms. The fourth-order valence-electron chi connectivity index (χ4n) is 3.53. The van der Waals surface area contributed by atoms with Crippen molar-refractivity contribution in [3.63, 3.8) is 0 Å². The van der Waals surface area contributed by atoms with Crippen LogP contribution in [0.3, 0.4) is 0 Å². The molecular formula is C20H20FN5OS. The summed E-state index contributed by atoms with van der Waals surface area (Å²) >= 11 is 1.43. The third-order valence-electron chi connectivity index (χ3n) is 4.85. The van der Waals surface area contributed by atoms with Crippen molar-refractivity contribution < 1.29 is 9.18 Å². The molecule has 0 unspecified atom stereocenters. The molecule has 1 aliphatic heterocycles. The van der Waals surface area contributed by atoms with E-state index in [0.717, 1.165) is 11.3 Å². The normalized spacial score (nSPS) is 20.9. The van der Waals surface area contributed by atoms with E-state index in [1.807, 2.05) is 43.5 Å². The zero-order valence-electron chi connectivity index (χ0n) is 15.5. The van der Waals surface area contributed by atoms with Crippen LogP contribution < -0.4 is 10.6 Å². The molecule has 1 aromatic heterocycles. The molecule has 28 heavy (non-hydrogen) atoms. The van der Waals surface area contributed by atoms with Crippen LogP contribution in [0.1, 0.15) is 18.5 Å². The number of hydrogen-bond donors (Lipinski definition) is 2. The van der Waals surface area contributed by atoms with Crippen LogP contribution in [0, 0.1) is 11.7 Å². The summed E-state index contributed by atoms with van der Waals surface area (Å²) in [7, 11) is 0. The SMILES string of the molecule is CSc1nc2n(n1)[C@H](c1ccc(F)cc1)[C@@H](C(=O)Nc1ccccc1)[C@@H](C)N2. The predicted molar refractivity (Wildman–Crippen MR) is 108 cm³/mol. The fraction of sp³-hybridized carbons (Fsp3) is 0.250. The van der Waals surface area contributed by atoms with Crippen LogP contribution in [-0.2, 0) is 4.79 Å². The highest BCUT2D eigenvalue weighted by Gasteiger charge is 2.42. The number of thioether (sulfide) groups is 1. The molecule has 3 aromatic rings. The first-order valence-electron chi connectivity index (χ1n) is 8.95. The van der Waals surface area contributed by atoms with E-state index in [-0.39, 0.29) is 17.8 Å². The Morgan fingerprint density at radius 1 is 1.18 bits per heavy atom. The Hall–Kier alpha value is -2.87. The molecule has 3 atom stereocenters. The van der Waals surface area contributed by atoms with E-state index in [9.17, 15) is 9.18 Å². The largest absolute Gasteiger partial charge is 0.351 e. The minimum atomic E-state index is -0.463. The van der Waals surface area contributed by atoms with Crippen molar-refractivity contribution in [2.75, 3.05) is 16.9 Å². The Morgan fingerprint density at radius 2 is 1.89 bits per heavy atom. The van der Waals surface area contributed by atoms with Crippen molar-refractivity contribution in [1.82, 2.24) is 14.8 Å². The van der Waals surface area contributed by atoms with E-state index in [1.54, 1.807) is 16.8 Å². The summed E-state index contributed by atoms with van der Waals surface area (Å²) in [6.45, 7) is 1.95. The molecule has 0 bridgehead atoms. The Balaban J connectivity index is 1.76. The van der Waals surface area contributed by atoms with Crippen molar-refractivity contribution in [1.29, 1.82) is 0 Å². The summed E-state index contributed by atoms with van der Waals surface area (Å²) in [6.07, 6.45) is 1.90. The molecule has 0 aliphatic carbocycles. The van der Waals surface area contributed by atoms with E-state index in [2.05, 4.69) is 20.7 Å². The van der Waals surface area contributed by atoms with E-state index in [0.29, 0.717) is 11.1 Å². The summed E-state index contributed by atoms with van der Waals surface area (Å²) in [5, 5.41) is 11.4. The highest BCUT2D eigenvalue weighted by atomic mass is 32.2. The fourth-order valence-corrected chi connectivity index (χ4v) is 3.87. The molecule has 0 radical (unpaired) electrons. The molecule has 4 rings (SSSR count). The number of rotatable bonds is 4. The van der Waals surface area contributed by atoms with Crippen LogP contribution in [0.4, 0.5) is 16.0 Å². The summed E-state index contributed by atoms with van der Waals surface area (Å²) < 4.78 is 15.2. The van der Waals surface area contributed by atoms with Gasteiger partial charge in [0.1, 0.15) is 5.82 Å². The van der Waals surface area contributed by atoms with Gasteiger partial charge in [0.15, 0.2) is 0 Å². The second kappa shape index (κ2) is 7.63. The molecule has 2 aromatic carbocycles. The number of fused-ring (bicyclic) bond motifs is 1. The zero-order valence-corrected chi connectivity index (χ0v) is 16.3. The summed E-state index contributed by atoms with van der Waals surface area (Å²) in [4.78, 5) is 17.7. The number of anilines is 2. The molecule has 2 heterocycles. The predicted octanol–water partition coefficient (Wildman–Crippen LogP) is 3.80. The van der Waals surface area contributed by atoms with Crippen molar-refractivity contribution in [2.24, 2.45) is 5.92 Å². The lowest BCUT2D eigenvalue weighted by Gasteiger charge is -2.36. The molecule has 0 saturated heterocycles. The maximum atomic E-state index is 13.5. The molecule has 144 valence electrons. The first-order valence-corrected chi connectivity index (χ1v) is 10.2. The second-order valence-corrected chi connectivity index (χ2v) is 7.45. The van der Waals surface area contributed by atoms with Crippen molar-refractivity contribution in [2.45, 2.75) is 24.2 Å². The number of carbonyl (C=O) groups is 1. The smallest absolute Gasteiger partial charge is 0.232 e. The Labute approximate surface area is 166 Å². The van der Waals surface area contributed by atoms with Gasteiger partial charge in [0.2, 0.25) is 17.0 Å². The number of halogens is 1. The quantitative estimate of drug-likeness (QED) is 0.656. The number of hydrogen-bond acceptors (Lipinski definition) is 5. The highest BCUT2D eigenvalue weighted by Crippen LogP contribution is 2.37. The Kier molecular flexibility index (Phi) is 5.04. The van der Waals surface area contributed by atoms with Gasteiger partial charge in [-0.15, -0.1) is 5.10 Å². The average molecular weight is 397 g/mol. The highest BCUT2D eigenvalue weighted by molar-refractivity contribution is 7.98. The third-order valence-corrected chi connectivity index (χ3v) is 5.39. The van der Waals surface area contributed by atoms with Gasteiger partial charge in [-0.05, 0) is 43.0 Å². The average Bonchev–Trinajstić information content (AvgIpc) is 3.11. The lowest BCUT2D eigenvalue weighted by molar-refractivity contribution is -0.121. The van der Waals surface area contributed by atoms with Gasteiger partial charge in [0.25, 0.3) is 0 Å². The number of carbonyl (C=O) groups excluding carboxylic acids is 1. The maximum Gasteiger partial charge on any atom is 0.232 e. The molecule has 1 amide bonds. The number of nitrogens with one attached hydrogen (secondary N) is 2. The summed E-state index contributed by atoms with van der Waals surface area (Å²) in [5.41, 5.74) is 1.54. The first-order chi connectivity index (χ1) is 13.6. The van der Waals surface area contributed by atoms with Crippen LogP contribution in [-0.4, -0.2) is 33.0 Å². The van der Waals surface area contributed by atoms with Crippen LogP contribution in [0.15, 0.2) is 59.8 Å². The first kappa shape index (κ1) is 18.5. The minimum Gasteiger partial charge on any atom is -0.351 e. The molecule has 2 N–H and O–H groups in total. The maximum absolute atomic E-state index is 13.5. The van der Waals surface area contributed by atoms with E-state index in [1.165, 1.54) is 23.9 Å². The van der Waals surface area contributed by atoms with Gasteiger partial charge in [0.05, 0.1) is 12.0 Å². The van der Waals surface area contributed by atoms with E-state index in [4.69, 9.17) is 0 Å². The van der Waals surface area contributed by atoms with Crippen molar-refractivity contribution >= 4 is 29.3 Å². The summed E-state index contributed by atoms with van der Waals surface area (Å²) in [6, 6.07) is 14.9. The van der Waals surface area contributed by atoms with Crippen molar-refractivity contribution in [3.05, 3.63) is 66.0 Å². The van der Waals surface area contributed by atoms with Gasteiger partial charge in [-0.25, -0.2) is 9.07 Å². The second-order valence-electron chi connectivity index (χ2n) is 6.68. The Morgan fingerprint density at radius 3 is 2.57 bits per heavy atom. The molecule has 0 fully saturated rings. The third kappa shape index (κ3) is 3.47. The lowest BCUT2D eigenvalue weighted by atomic mass is 9.85. The topological polar surface area (TPSA) is 71.8 Å². The molecule has 0 spiro atoms. The number of amides is 1. The number of aromatic nitrogens is 3. The zero-order chi connectivity index (χ0) is 19.7. The van der Waals surface area contributed by atoms with Gasteiger partial charge in [-0.3, -0.25) is 4.79 Å². The van der Waals surface area contributed by atoms with Gasteiger partial charge in [-0.2, -0.15) is 4.98 Å². The lowest BCUT2D eigenvalue weighted by Crippen LogP contribution is -2.46. The van der Waals surface area contributed by atoms with Crippen LogP contribution >= 0.6 is 11.8 Å². The van der Waals surface area contributed by atoms with Crippen LogP contribution in [0.5, 0.6) is 0 Å². The molecule has 0 saturated carbocycles. The number of nitrogens with zero attached hydrogens (tertiary/aromatic N) is 3. The van der Waals surface area contributed by atoms with Crippen LogP contribution in [0.25, 0.3) is 0 Å². The van der Waals surface area contributed by atoms with Gasteiger partial charge < -0.3 is 10.6 Å². The van der Waals surface area contributed by atoms with Crippen LogP contribution in [0.2, 0.25) is 0 Å². The standard InChI is InChI=1S/C20H20FN5OS/c1-12-16(18(27)23-15-6-4-3-5-7-15)17(13-8-10-14(21)11-9-13)26-19(22-12)24-20(25-26)28-2/h3-12,16-17H,1-2H3,(H,23,27)(H,22,24,25)/t12-,16+,17-/m1/s1. The number of para-hydroxylation sites is 1. The van der Waals surface area contributed by atoms with Crippen molar-refractivity contribution in [3.8, 4) is 0 Å². The minimum absolute atomic E-state index is 0.132. The number of benzene rings is 2. The van der Waals surface area contributed by atoms with Gasteiger partial charge >= 0.3 is 0 Å². The molecular weight excluding hydrogens is 377 g/mol. The van der Waals surface area contributed by atoms with E-state index < -0.39 is 12.0 Å². The van der Waals surface area contributed by atoms with Gasteiger partial charge in [0, 0.05) is 11.7 Å².